The third-order valence-corrected chi connectivity index (χ3v) is 1.45. The van der Waals surface area contributed by atoms with Gasteiger partial charge in [-0.1, -0.05) is 27.7 Å². The third kappa shape index (κ3) is 13.3. The highest BCUT2D eigenvalue weighted by atomic mass is 35.5. The Bertz CT molecular complexity index is 62.0. The zero-order valence-electron chi connectivity index (χ0n) is 8.18. The molecule has 1 N–H and O–H groups in total. The highest BCUT2D eigenvalue weighted by molar-refractivity contribution is 5.85. The van der Waals surface area contributed by atoms with Gasteiger partial charge >= 0.3 is 0 Å². The van der Waals surface area contributed by atoms with Crippen molar-refractivity contribution in [1.82, 2.24) is 5.32 Å². The SMILES string of the molecule is CC(C)CCNCC(C)C.Cl. The Morgan fingerprint density at radius 3 is 1.91 bits per heavy atom. The van der Waals surface area contributed by atoms with Crippen LogP contribution in [0, 0.1) is 11.8 Å². The van der Waals surface area contributed by atoms with Crippen LogP contribution in [0.15, 0.2) is 0 Å². The summed E-state index contributed by atoms with van der Waals surface area (Å²) in [6, 6.07) is 0. The van der Waals surface area contributed by atoms with Crippen molar-refractivity contribution in [2.45, 2.75) is 34.1 Å². The van der Waals surface area contributed by atoms with Crippen LogP contribution in [-0.2, 0) is 0 Å². The predicted octanol–water partition coefficient (Wildman–Crippen LogP) is 2.70. The fourth-order valence-electron chi connectivity index (χ4n) is 0.781. The minimum atomic E-state index is 0. The van der Waals surface area contributed by atoms with E-state index in [1.807, 2.05) is 0 Å². The van der Waals surface area contributed by atoms with Crippen molar-refractivity contribution in [1.29, 1.82) is 0 Å². The van der Waals surface area contributed by atoms with Gasteiger partial charge in [-0.15, -0.1) is 12.4 Å². The molecule has 0 aliphatic rings. The molecule has 0 aliphatic carbocycles. The van der Waals surface area contributed by atoms with E-state index in [9.17, 15) is 0 Å². The Kier molecular flexibility index (Phi) is 10.5. The molecule has 0 fully saturated rings. The maximum absolute atomic E-state index is 3.42. The topological polar surface area (TPSA) is 12.0 Å². The smallest absolute Gasteiger partial charge is 0.00258 e. The van der Waals surface area contributed by atoms with E-state index in [0.717, 1.165) is 18.4 Å². The molecule has 0 aromatic heterocycles. The second-order valence-corrected chi connectivity index (χ2v) is 3.78. The molecule has 0 amide bonds. The van der Waals surface area contributed by atoms with Crippen molar-refractivity contribution in [2.75, 3.05) is 13.1 Å². The van der Waals surface area contributed by atoms with E-state index in [4.69, 9.17) is 0 Å². The van der Waals surface area contributed by atoms with E-state index >= 15 is 0 Å². The van der Waals surface area contributed by atoms with Gasteiger partial charge in [0.05, 0.1) is 0 Å². The van der Waals surface area contributed by atoms with Gasteiger partial charge in [0.15, 0.2) is 0 Å². The molecule has 0 radical (unpaired) electrons. The molecule has 70 valence electrons. The monoisotopic (exact) mass is 179 g/mol. The maximum Gasteiger partial charge on any atom is -0.00258 e. The average Bonchev–Trinajstić information content (AvgIpc) is 1.79. The summed E-state index contributed by atoms with van der Waals surface area (Å²) >= 11 is 0. The molecule has 0 aliphatic heterocycles. The van der Waals surface area contributed by atoms with Crippen LogP contribution in [-0.4, -0.2) is 13.1 Å². The molecule has 0 aromatic rings. The zero-order chi connectivity index (χ0) is 7.98. The van der Waals surface area contributed by atoms with Gasteiger partial charge in [-0.3, -0.25) is 0 Å². The van der Waals surface area contributed by atoms with Crippen LogP contribution in [0.25, 0.3) is 0 Å². The number of rotatable bonds is 5. The van der Waals surface area contributed by atoms with Crippen LogP contribution in [0.1, 0.15) is 34.1 Å². The first-order valence-electron chi connectivity index (χ1n) is 4.33. The van der Waals surface area contributed by atoms with Crippen LogP contribution in [0.3, 0.4) is 0 Å². The summed E-state index contributed by atoms with van der Waals surface area (Å²) < 4.78 is 0. The highest BCUT2D eigenvalue weighted by Crippen LogP contribution is 1.96. The normalized spacial score (nSPS) is 10.4. The van der Waals surface area contributed by atoms with Gasteiger partial charge in [-0.05, 0) is 31.3 Å². The van der Waals surface area contributed by atoms with Crippen LogP contribution >= 0.6 is 12.4 Å². The number of halogens is 1. The lowest BCUT2D eigenvalue weighted by molar-refractivity contribution is 0.498. The zero-order valence-corrected chi connectivity index (χ0v) is 9.00. The molecule has 0 unspecified atom stereocenters. The summed E-state index contributed by atoms with van der Waals surface area (Å²) in [5, 5.41) is 3.42. The molecule has 0 saturated heterocycles. The third-order valence-electron chi connectivity index (χ3n) is 1.45. The van der Waals surface area contributed by atoms with Crippen molar-refractivity contribution in [3.63, 3.8) is 0 Å². The summed E-state index contributed by atoms with van der Waals surface area (Å²) in [4.78, 5) is 0. The maximum atomic E-state index is 3.42. The lowest BCUT2D eigenvalue weighted by Gasteiger charge is -2.08. The van der Waals surface area contributed by atoms with Gasteiger partial charge < -0.3 is 5.32 Å². The van der Waals surface area contributed by atoms with Gasteiger partial charge in [0, 0.05) is 0 Å². The van der Waals surface area contributed by atoms with E-state index in [0.29, 0.717) is 0 Å². The Labute approximate surface area is 77.4 Å². The minimum absolute atomic E-state index is 0. The fraction of sp³-hybridized carbons (Fsp3) is 1.00. The van der Waals surface area contributed by atoms with Gasteiger partial charge in [0.1, 0.15) is 0 Å². The molecule has 0 aromatic carbocycles. The minimum Gasteiger partial charge on any atom is -0.316 e. The second-order valence-electron chi connectivity index (χ2n) is 3.78. The van der Waals surface area contributed by atoms with Crippen molar-refractivity contribution >= 4 is 12.4 Å². The lowest BCUT2D eigenvalue weighted by atomic mass is 10.1. The molecule has 0 bridgehead atoms. The summed E-state index contributed by atoms with van der Waals surface area (Å²) in [6.07, 6.45) is 1.30. The van der Waals surface area contributed by atoms with Crippen molar-refractivity contribution in [2.24, 2.45) is 11.8 Å². The lowest BCUT2D eigenvalue weighted by Crippen LogP contribution is -2.21. The molecule has 0 spiro atoms. The Morgan fingerprint density at radius 1 is 1.00 bits per heavy atom. The second kappa shape index (κ2) is 8.35. The van der Waals surface area contributed by atoms with Crippen molar-refractivity contribution < 1.29 is 0 Å². The van der Waals surface area contributed by atoms with E-state index in [-0.39, 0.29) is 12.4 Å². The Balaban J connectivity index is 0. The first-order valence-corrected chi connectivity index (χ1v) is 4.33. The number of nitrogens with one attached hydrogen (secondary N) is 1. The van der Waals surface area contributed by atoms with E-state index in [1.165, 1.54) is 13.0 Å². The van der Waals surface area contributed by atoms with Crippen LogP contribution in [0.2, 0.25) is 0 Å². The average molecular weight is 180 g/mol. The number of hydrogen-bond acceptors (Lipinski definition) is 1. The quantitative estimate of drug-likeness (QED) is 0.640. The van der Waals surface area contributed by atoms with Crippen LogP contribution in [0.4, 0.5) is 0 Å². The summed E-state index contributed by atoms with van der Waals surface area (Å²) in [5.41, 5.74) is 0. The van der Waals surface area contributed by atoms with Gasteiger partial charge in [0.25, 0.3) is 0 Å². The highest BCUT2D eigenvalue weighted by Gasteiger charge is 1.94. The molecule has 0 saturated carbocycles. The molecular weight excluding hydrogens is 158 g/mol. The van der Waals surface area contributed by atoms with E-state index in [1.54, 1.807) is 0 Å². The molecule has 2 heteroatoms. The fourth-order valence-corrected chi connectivity index (χ4v) is 0.781. The first-order chi connectivity index (χ1) is 4.63. The Morgan fingerprint density at radius 2 is 1.55 bits per heavy atom. The molecule has 0 rings (SSSR count). The predicted molar refractivity (Wildman–Crippen MR) is 54.4 cm³/mol. The molecule has 1 nitrogen and oxygen atoms in total. The van der Waals surface area contributed by atoms with Gasteiger partial charge in [-0.2, -0.15) is 0 Å². The summed E-state index contributed by atoms with van der Waals surface area (Å²) in [5.74, 6) is 1.62. The van der Waals surface area contributed by atoms with E-state index < -0.39 is 0 Å². The molecular formula is C9H22ClN. The summed E-state index contributed by atoms with van der Waals surface area (Å²) in [7, 11) is 0. The Hall–Kier alpha value is 0.250. The molecule has 0 heterocycles. The van der Waals surface area contributed by atoms with Gasteiger partial charge in [-0.25, -0.2) is 0 Å². The standard InChI is InChI=1S/C9H21N.ClH/c1-8(2)5-6-10-7-9(3)4;/h8-10H,5-7H2,1-4H3;1H. The van der Waals surface area contributed by atoms with Crippen LogP contribution < -0.4 is 5.32 Å². The molecule has 11 heavy (non-hydrogen) atoms. The largest absolute Gasteiger partial charge is 0.316 e. The number of hydrogen-bond donors (Lipinski definition) is 1. The van der Waals surface area contributed by atoms with Crippen molar-refractivity contribution in [3.05, 3.63) is 0 Å². The molecule has 0 atom stereocenters. The van der Waals surface area contributed by atoms with E-state index in [2.05, 4.69) is 33.0 Å². The van der Waals surface area contributed by atoms with Crippen LogP contribution in [0.5, 0.6) is 0 Å². The van der Waals surface area contributed by atoms with Crippen molar-refractivity contribution in [3.8, 4) is 0 Å². The summed E-state index contributed by atoms with van der Waals surface area (Å²) in [6.45, 7) is 11.3. The first kappa shape index (κ1) is 13.8. The van der Waals surface area contributed by atoms with Gasteiger partial charge in [0.2, 0.25) is 0 Å².